The number of nitrogens with zero attached hydrogens (tertiary/aromatic N) is 1. The van der Waals surface area contributed by atoms with Crippen LogP contribution in [0.15, 0.2) is 22.0 Å². The van der Waals surface area contributed by atoms with Crippen LogP contribution < -0.4 is 5.73 Å². The molecule has 15 heavy (non-hydrogen) atoms. The maximum Gasteiger partial charge on any atom is 0.180 e. The van der Waals surface area contributed by atoms with E-state index < -0.39 is 0 Å². The number of hydrogen-bond donors (Lipinski definition) is 1. The molecule has 1 aromatic carbocycles. The topological polar surface area (TPSA) is 38.9 Å². The van der Waals surface area contributed by atoms with Gasteiger partial charge in [0, 0.05) is 15.4 Å². The first-order valence-corrected chi connectivity index (χ1v) is 5.99. The molecular formula is C9H5BrClFN2S. The Morgan fingerprint density at radius 2 is 2.20 bits per heavy atom. The van der Waals surface area contributed by atoms with Crippen molar-refractivity contribution >= 4 is 44.0 Å². The fraction of sp³-hybridized carbons (Fsp3) is 0. The molecule has 0 amide bonds. The minimum Gasteiger partial charge on any atom is -0.375 e. The van der Waals surface area contributed by atoms with Crippen molar-refractivity contribution in [1.82, 2.24) is 4.98 Å². The minimum atomic E-state index is -0.378. The Morgan fingerprint density at radius 1 is 1.47 bits per heavy atom. The van der Waals surface area contributed by atoms with E-state index in [0.717, 1.165) is 0 Å². The van der Waals surface area contributed by atoms with Gasteiger partial charge in [0.15, 0.2) is 5.13 Å². The van der Waals surface area contributed by atoms with Gasteiger partial charge in [0.2, 0.25) is 0 Å². The first kappa shape index (κ1) is 10.9. The van der Waals surface area contributed by atoms with E-state index in [4.69, 9.17) is 17.3 Å². The lowest BCUT2D eigenvalue weighted by atomic mass is 10.1. The van der Waals surface area contributed by atoms with Crippen molar-refractivity contribution < 1.29 is 4.39 Å². The monoisotopic (exact) mass is 306 g/mol. The van der Waals surface area contributed by atoms with E-state index in [9.17, 15) is 4.39 Å². The summed E-state index contributed by atoms with van der Waals surface area (Å²) in [4.78, 5) is 3.99. The molecule has 2 rings (SSSR count). The number of nitrogen functional groups attached to an aromatic ring is 1. The lowest BCUT2D eigenvalue weighted by molar-refractivity contribution is 0.630. The number of benzene rings is 1. The van der Waals surface area contributed by atoms with Crippen LogP contribution in [0.25, 0.3) is 11.3 Å². The SMILES string of the molecule is Nc1nc(-c2cc(Cl)c(Br)cc2F)cs1. The van der Waals surface area contributed by atoms with Crippen LogP contribution in [0.4, 0.5) is 9.52 Å². The van der Waals surface area contributed by atoms with Crippen molar-refractivity contribution in [1.29, 1.82) is 0 Å². The molecule has 0 aliphatic carbocycles. The average molecular weight is 308 g/mol. The third-order valence-corrected chi connectivity index (χ3v) is 3.68. The molecule has 0 saturated carbocycles. The van der Waals surface area contributed by atoms with Gasteiger partial charge in [-0.3, -0.25) is 0 Å². The second kappa shape index (κ2) is 4.08. The van der Waals surface area contributed by atoms with E-state index in [2.05, 4.69) is 20.9 Å². The van der Waals surface area contributed by atoms with Crippen LogP contribution in [-0.2, 0) is 0 Å². The summed E-state index contributed by atoms with van der Waals surface area (Å²) < 4.78 is 14.1. The molecule has 0 unspecified atom stereocenters. The van der Waals surface area contributed by atoms with Crippen LogP contribution >= 0.6 is 38.9 Å². The fourth-order valence-electron chi connectivity index (χ4n) is 1.13. The van der Waals surface area contributed by atoms with E-state index in [-0.39, 0.29) is 5.82 Å². The second-order valence-electron chi connectivity index (χ2n) is 2.82. The maximum absolute atomic E-state index is 13.6. The van der Waals surface area contributed by atoms with Gasteiger partial charge in [-0.25, -0.2) is 9.37 Å². The molecule has 0 radical (unpaired) electrons. The molecule has 0 aliphatic heterocycles. The minimum absolute atomic E-state index is 0.358. The summed E-state index contributed by atoms with van der Waals surface area (Å²) in [5, 5.41) is 2.54. The van der Waals surface area contributed by atoms with Gasteiger partial charge < -0.3 is 5.73 Å². The Morgan fingerprint density at radius 3 is 2.80 bits per heavy atom. The van der Waals surface area contributed by atoms with E-state index >= 15 is 0 Å². The smallest absolute Gasteiger partial charge is 0.180 e. The Labute approximate surface area is 103 Å². The van der Waals surface area contributed by atoms with Crippen molar-refractivity contribution in [2.45, 2.75) is 0 Å². The van der Waals surface area contributed by atoms with Crippen molar-refractivity contribution in [2.75, 3.05) is 5.73 Å². The van der Waals surface area contributed by atoms with Gasteiger partial charge in [-0.2, -0.15) is 0 Å². The molecular weight excluding hydrogens is 303 g/mol. The number of nitrogens with two attached hydrogens (primary N) is 1. The molecule has 0 spiro atoms. The molecule has 6 heteroatoms. The quantitative estimate of drug-likeness (QED) is 0.810. The highest BCUT2D eigenvalue weighted by Crippen LogP contribution is 2.32. The maximum atomic E-state index is 13.6. The molecule has 2 nitrogen and oxygen atoms in total. The summed E-state index contributed by atoms with van der Waals surface area (Å²) in [6.07, 6.45) is 0. The zero-order valence-electron chi connectivity index (χ0n) is 7.30. The van der Waals surface area contributed by atoms with Gasteiger partial charge in [-0.05, 0) is 28.1 Å². The molecule has 2 N–H and O–H groups in total. The van der Waals surface area contributed by atoms with E-state index in [1.165, 1.54) is 23.5 Å². The third kappa shape index (κ3) is 2.14. The van der Waals surface area contributed by atoms with Gasteiger partial charge in [-0.1, -0.05) is 11.6 Å². The Hall–Kier alpha value is -0.650. The predicted molar refractivity (Wildman–Crippen MR) is 64.6 cm³/mol. The summed E-state index contributed by atoms with van der Waals surface area (Å²) in [5.74, 6) is -0.378. The molecule has 78 valence electrons. The van der Waals surface area contributed by atoms with E-state index in [1.807, 2.05) is 0 Å². The Kier molecular flexibility index (Phi) is 2.95. The highest BCUT2D eigenvalue weighted by atomic mass is 79.9. The summed E-state index contributed by atoms with van der Waals surface area (Å²) in [6, 6.07) is 2.84. The molecule has 0 bridgehead atoms. The van der Waals surface area contributed by atoms with Crippen LogP contribution in [-0.4, -0.2) is 4.98 Å². The highest BCUT2D eigenvalue weighted by Gasteiger charge is 2.11. The number of thiazole rings is 1. The predicted octanol–water partition coefficient (Wildman–Crippen LogP) is 3.95. The lowest BCUT2D eigenvalue weighted by Gasteiger charge is -2.02. The molecule has 2 aromatic rings. The van der Waals surface area contributed by atoms with Crippen LogP contribution in [0.1, 0.15) is 0 Å². The number of hydrogen-bond acceptors (Lipinski definition) is 3. The van der Waals surface area contributed by atoms with Crippen molar-refractivity contribution in [2.24, 2.45) is 0 Å². The van der Waals surface area contributed by atoms with Gasteiger partial charge in [0.05, 0.1) is 10.7 Å². The van der Waals surface area contributed by atoms with Crippen LogP contribution in [0.3, 0.4) is 0 Å². The van der Waals surface area contributed by atoms with Crippen molar-refractivity contribution in [3.05, 3.63) is 32.8 Å². The van der Waals surface area contributed by atoms with Crippen LogP contribution in [0.5, 0.6) is 0 Å². The van der Waals surface area contributed by atoms with Gasteiger partial charge >= 0.3 is 0 Å². The van der Waals surface area contributed by atoms with Gasteiger partial charge in [-0.15, -0.1) is 11.3 Å². The molecule has 1 aromatic heterocycles. The zero-order valence-corrected chi connectivity index (χ0v) is 10.5. The highest BCUT2D eigenvalue weighted by molar-refractivity contribution is 9.10. The van der Waals surface area contributed by atoms with E-state index in [0.29, 0.717) is 25.9 Å². The van der Waals surface area contributed by atoms with Crippen LogP contribution in [0, 0.1) is 5.82 Å². The third-order valence-electron chi connectivity index (χ3n) is 1.81. The standard InChI is InChI=1S/C9H5BrClFN2S/c10-5-2-7(12)4(1-6(5)11)8-3-15-9(13)14-8/h1-3H,(H2,13,14). The van der Waals surface area contributed by atoms with Crippen molar-refractivity contribution in [3.63, 3.8) is 0 Å². The summed E-state index contributed by atoms with van der Waals surface area (Å²) in [7, 11) is 0. The Bertz CT molecular complexity index is 515. The first-order chi connectivity index (χ1) is 7.08. The average Bonchev–Trinajstić information content (AvgIpc) is 2.58. The summed E-state index contributed by atoms with van der Waals surface area (Å²) in [6.45, 7) is 0. The molecule has 1 heterocycles. The van der Waals surface area contributed by atoms with Crippen molar-refractivity contribution in [3.8, 4) is 11.3 Å². The molecule has 0 aliphatic rings. The normalized spacial score (nSPS) is 10.6. The second-order valence-corrected chi connectivity index (χ2v) is 4.97. The number of aromatic nitrogens is 1. The fourth-order valence-corrected chi connectivity index (χ4v) is 2.17. The Balaban J connectivity index is 2.58. The van der Waals surface area contributed by atoms with Gasteiger partial charge in [0.1, 0.15) is 5.82 Å². The first-order valence-electron chi connectivity index (χ1n) is 3.94. The van der Waals surface area contributed by atoms with Crippen LogP contribution in [0.2, 0.25) is 5.02 Å². The van der Waals surface area contributed by atoms with E-state index in [1.54, 1.807) is 5.38 Å². The van der Waals surface area contributed by atoms with Gasteiger partial charge in [0.25, 0.3) is 0 Å². The molecule has 0 atom stereocenters. The molecule has 0 fully saturated rings. The zero-order chi connectivity index (χ0) is 11.0. The lowest BCUT2D eigenvalue weighted by Crippen LogP contribution is -1.87. The summed E-state index contributed by atoms with van der Waals surface area (Å²) >= 11 is 10.3. The number of anilines is 1. The molecule has 0 saturated heterocycles. The number of halogens is 3. The largest absolute Gasteiger partial charge is 0.375 e. The summed E-state index contributed by atoms with van der Waals surface area (Å²) in [5.41, 5.74) is 6.34. The number of rotatable bonds is 1.